The number of unbranched alkanes of at least 4 members (excludes halogenated alkanes) is 1. The fraction of sp³-hybridized carbons (Fsp3) is 0.714. The second kappa shape index (κ2) is 11.4. The average molecular weight is 515 g/mol. The van der Waals surface area contributed by atoms with E-state index >= 15 is 0 Å². The summed E-state index contributed by atoms with van der Waals surface area (Å²) in [6.07, 6.45) is 14.1. The van der Waals surface area contributed by atoms with Gasteiger partial charge in [0, 0.05) is 16.8 Å². The third kappa shape index (κ3) is 6.01. The molecule has 8 heteroatoms. The first kappa shape index (κ1) is 26.8. The Labute approximate surface area is 219 Å². The van der Waals surface area contributed by atoms with Gasteiger partial charge < -0.3 is 10.0 Å². The first-order valence-corrected chi connectivity index (χ1v) is 14.6. The van der Waals surface area contributed by atoms with Crippen molar-refractivity contribution in [3.8, 4) is 0 Å². The van der Waals surface area contributed by atoms with E-state index in [-0.39, 0.29) is 23.9 Å². The lowest BCUT2D eigenvalue weighted by molar-refractivity contribution is -0.122. The first-order valence-electron chi connectivity index (χ1n) is 13.7. The number of hydrogen-bond donors (Lipinski definition) is 1. The van der Waals surface area contributed by atoms with E-state index in [0.717, 1.165) is 75.5 Å². The Balaban J connectivity index is 1.62. The molecular weight excluding hydrogens is 472 g/mol. The van der Waals surface area contributed by atoms with Gasteiger partial charge in [-0.25, -0.2) is 14.5 Å². The fourth-order valence-corrected chi connectivity index (χ4v) is 7.13. The molecule has 0 spiro atoms. The molecule has 2 aromatic rings. The number of rotatable bonds is 9. The van der Waals surface area contributed by atoms with Gasteiger partial charge in [0.05, 0.1) is 11.7 Å². The Hall–Kier alpha value is -2.22. The standard InChI is InChI=1S/C28H42N4O3S/c1-5-6-7-19(2)26(33)32(22-10-8-21(9-11-22)31-18-29-17-30-31)23-16-24(36-25(23)27(34)35)20-12-14-28(3,4)15-13-20/h16-22H,5-15H2,1-4H3,(H,34,35). The van der Waals surface area contributed by atoms with Gasteiger partial charge in [-0.05, 0) is 75.2 Å². The molecule has 198 valence electrons. The lowest BCUT2D eigenvalue weighted by Crippen LogP contribution is -2.45. The van der Waals surface area contributed by atoms with Crippen LogP contribution in [0.3, 0.4) is 0 Å². The summed E-state index contributed by atoms with van der Waals surface area (Å²) in [6, 6.07) is 2.35. The normalized spacial score (nSPS) is 23.3. The van der Waals surface area contributed by atoms with Crippen molar-refractivity contribution in [2.24, 2.45) is 11.3 Å². The van der Waals surface area contributed by atoms with E-state index in [9.17, 15) is 14.7 Å². The molecule has 0 aromatic carbocycles. The number of anilines is 1. The SMILES string of the molecule is CCCCC(C)C(=O)N(c1cc(C2CCC(C)(C)CC2)sc1C(=O)O)C1CCC(n2cncn2)CC1. The van der Waals surface area contributed by atoms with Crippen molar-refractivity contribution in [1.82, 2.24) is 14.8 Å². The molecule has 0 radical (unpaired) electrons. The minimum Gasteiger partial charge on any atom is -0.477 e. The van der Waals surface area contributed by atoms with Gasteiger partial charge in [0.2, 0.25) is 5.91 Å². The van der Waals surface area contributed by atoms with E-state index in [1.54, 1.807) is 12.7 Å². The van der Waals surface area contributed by atoms with Gasteiger partial charge in [0.1, 0.15) is 17.5 Å². The lowest BCUT2D eigenvalue weighted by atomic mass is 9.73. The average Bonchev–Trinajstić information content (AvgIpc) is 3.54. The summed E-state index contributed by atoms with van der Waals surface area (Å²) in [4.78, 5) is 33.8. The monoisotopic (exact) mass is 514 g/mol. The maximum absolute atomic E-state index is 13.9. The number of hydrogen-bond acceptors (Lipinski definition) is 5. The van der Waals surface area contributed by atoms with Crippen LogP contribution in [0, 0.1) is 11.3 Å². The zero-order chi connectivity index (χ0) is 25.9. The number of carbonyl (C=O) groups excluding carboxylic acids is 1. The highest BCUT2D eigenvalue weighted by molar-refractivity contribution is 7.14. The van der Waals surface area contributed by atoms with Crippen molar-refractivity contribution in [1.29, 1.82) is 0 Å². The molecular formula is C28H42N4O3S. The summed E-state index contributed by atoms with van der Waals surface area (Å²) in [5.74, 6) is -0.595. The molecule has 36 heavy (non-hydrogen) atoms. The molecule has 0 aliphatic heterocycles. The predicted octanol–water partition coefficient (Wildman–Crippen LogP) is 7.06. The maximum Gasteiger partial charge on any atom is 0.348 e. The smallest absolute Gasteiger partial charge is 0.348 e. The highest BCUT2D eigenvalue weighted by Crippen LogP contribution is 2.47. The number of carbonyl (C=O) groups is 2. The van der Waals surface area contributed by atoms with Gasteiger partial charge in [-0.3, -0.25) is 4.79 Å². The molecule has 2 aliphatic rings. The van der Waals surface area contributed by atoms with Crippen LogP contribution in [0.25, 0.3) is 0 Å². The zero-order valence-corrected chi connectivity index (χ0v) is 23.1. The summed E-state index contributed by atoms with van der Waals surface area (Å²) in [6.45, 7) is 8.78. The minimum absolute atomic E-state index is 0.00665. The van der Waals surface area contributed by atoms with Crippen LogP contribution < -0.4 is 4.90 Å². The number of aromatic carboxylic acids is 1. The minimum atomic E-state index is -0.923. The van der Waals surface area contributed by atoms with Gasteiger partial charge in [-0.15, -0.1) is 11.3 Å². The molecule has 2 aromatic heterocycles. The van der Waals surface area contributed by atoms with Gasteiger partial charge in [0.25, 0.3) is 0 Å². The molecule has 0 bridgehead atoms. The van der Waals surface area contributed by atoms with E-state index in [0.29, 0.717) is 21.9 Å². The molecule has 7 nitrogen and oxygen atoms in total. The highest BCUT2D eigenvalue weighted by atomic mass is 32.1. The number of carboxylic acid groups (broad SMARTS) is 1. The molecule has 1 unspecified atom stereocenters. The molecule has 1 N–H and O–H groups in total. The van der Waals surface area contributed by atoms with E-state index in [1.165, 1.54) is 11.3 Å². The van der Waals surface area contributed by atoms with Crippen LogP contribution in [0.1, 0.15) is 125 Å². The zero-order valence-electron chi connectivity index (χ0n) is 22.3. The van der Waals surface area contributed by atoms with Crippen molar-refractivity contribution in [2.45, 2.75) is 116 Å². The third-order valence-electron chi connectivity index (χ3n) is 8.42. The summed E-state index contributed by atoms with van der Waals surface area (Å²) in [7, 11) is 0. The van der Waals surface area contributed by atoms with E-state index in [2.05, 4.69) is 36.9 Å². The van der Waals surface area contributed by atoms with Crippen LogP contribution in [0.5, 0.6) is 0 Å². The largest absolute Gasteiger partial charge is 0.477 e. The number of amides is 1. The van der Waals surface area contributed by atoms with Crippen LogP contribution in [0.4, 0.5) is 5.69 Å². The van der Waals surface area contributed by atoms with Crippen LogP contribution in [0.2, 0.25) is 0 Å². The Morgan fingerprint density at radius 3 is 2.47 bits per heavy atom. The van der Waals surface area contributed by atoms with E-state index in [1.807, 2.05) is 16.5 Å². The van der Waals surface area contributed by atoms with Gasteiger partial charge >= 0.3 is 5.97 Å². The Bertz CT molecular complexity index is 1010. The van der Waals surface area contributed by atoms with Gasteiger partial charge in [-0.1, -0.05) is 40.5 Å². The fourth-order valence-electron chi connectivity index (χ4n) is 5.97. The van der Waals surface area contributed by atoms with Crippen LogP contribution >= 0.6 is 11.3 Å². The number of aromatic nitrogens is 3. The topological polar surface area (TPSA) is 88.3 Å². The van der Waals surface area contributed by atoms with Gasteiger partial charge in [0.15, 0.2) is 0 Å². The molecule has 2 heterocycles. The molecule has 2 fully saturated rings. The quantitative estimate of drug-likeness (QED) is 0.387. The van der Waals surface area contributed by atoms with Crippen molar-refractivity contribution in [2.75, 3.05) is 4.90 Å². The molecule has 4 rings (SSSR count). The summed E-state index contributed by atoms with van der Waals surface area (Å²) < 4.78 is 1.92. The predicted molar refractivity (Wildman–Crippen MR) is 144 cm³/mol. The molecule has 0 saturated heterocycles. The van der Waals surface area contributed by atoms with Crippen LogP contribution in [0.15, 0.2) is 18.7 Å². The summed E-state index contributed by atoms with van der Waals surface area (Å²) >= 11 is 1.40. The molecule has 1 amide bonds. The highest BCUT2D eigenvalue weighted by Gasteiger charge is 2.37. The van der Waals surface area contributed by atoms with Crippen molar-refractivity contribution in [3.05, 3.63) is 28.5 Å². The molecule has 1 atom stereocenters. The molecule has 2 aliphatic carbocycles. The second-order valence-corrected chi connectivity index (χ2v) is 12.8. The van der Waals surface area contributed by atoms with Gasteiger partial charge in [-0.2, -0.15) is 5.10 Å². The van der Waals surface area contributed by atoms with Crippen molar-refractivity contribution >= 4 is 28.9 Å². The van der Waals surface area contributed by atoms with Crippen LogP contribution in [-0.4, -0.2) is 37.8 Å². The van der Waals surface area contributed by atoms with Crippen molar-refractivity contribution < 1.29 is 14.7 Å². The summed E-state index contributed by atoms with van der Waals surface area (Å²) in [5, 5.41) is 14.5. The Morgan fingerprint density at radius 1 is 1.19 bits per heavy atom. The summed E-state index contributed by atoms with van der Waals surface area (Å²) in [5.41, 5.74) is 0.982. The lowest BCUT2D eigenvalue weighted by Gasteiger charge is -2.38. The van der Waals surface area contributed by atoms with Crippen molar-refractivity contribution in [3.63, 3.8) is 0 Å². The number of thiophene rings is 1. The third-order valence-corrected chi connectivity index (χ3v) is 9.69. The number of carboxylic acids is 1. The van der Waals surface area contributed by atoms with Crippen LogP contribution in [-0.2, 0) is 4.79 Å². The Morgan fingerprint density at radius 2 is 1.89 bits per heavy atom. The second-order valence-electron chi connectivity index (χ2n) is 11.7. The Kier molecular flexibility index (Phi) is 8.53. The molecule has 2 saturated carbocycles. The maximum atomic E-state index is 13.9. The number of nitrogens with zero attached hydrogens (tertiary/aromatic N) is 4. The first-order chi connectivity index (χ1) is 17.2. The van der Waals surface area contributed by atoms with E-state index in [4.69, 9.17) is 0 Å². The van der Waals surface area contributed by atoms with E-state index < -0.39 is 5.97 Å².